The molecule has 0 aliphatic heterocycles. The number of hydrogen-bond donors (Lipinski definition) is 1. The molecule has 0 aliphatic carbocycles. The van der Waals surface area contributed by atoms with Gasteiger partial charge in [0.25, 0.3) is 0 Å². The Hall–Kier alpha value is -0.370. The van der Waals surface area contributed by atoms with E-state index >= 15 is 0 Å². The topological polar surface area (TPSA) is 33.1 Å². The molecular weight excluding hydrogens is 298 g/mol. The van der Waals surface area contributed by atoms with Crippen LogP contribution < -0.4 is 0 Å². The van der Waals surface area contributed by atoms with Crippen molar-refractivity contribution < 1.29 is 18.3 Å². The zero-order valence-electron chi connectivity index (χ0n) is 6.27. The summed E-state index contributed by atoms with van der Waals surface area (Å²) >= 11 is 1.56. The summed E-state index contributed by atoms with van der Waals surface area (Å²) in [7, 11) is 0. The lowest BCUT2D eigenvalue weighted by molar-refractivity contribution is -0.138. The van der Waals surface area contributed by atoms with E-state index in [2.05, 4.69) is 4.98 Å². The van der Waals surface area contributed by atoms with Crippen LogP contribution in [0.1, 0.15) is 11.3 Å². The monoisotopic (exact) mass is 303 g/mol. The van der Waals surface area contributed by atoms with Crippen molar-refractivity contribution in [2.24, 2.45) is 0 Å². The number of hydrogen-bond acceptors (Lipinski definition) is 2. The fraction of sp³-hybridized carbons (Fsp3) is 0.286. The van der Waals surface area contributed by atoms with Gasteiger partial charge in [0, 0.05) is 9.77 Å². The fourth-order valence-electron chi connectivity index (χ4n) is 0.765. The maximum absolute atomic E-state index is 12.2. The highest BCUT2D eigenvalue weighted by atomic mass is 127. The zero-order valence-corrected chi connectivity index (χ0v) is 8.43. The van der Waals surface area contributed by atoms with E-state index < -0.39 is 11.7 Å². The standard InChI is InChI=1S/C7H5F3INO/c8-7(9,10)5-2-12-4(3-13)1-6(5)11/h1-2,13H,3H2. The second kappa shape index (κ2) is 3.79. The molecule has 0 fully saturated rings. The summed E-state index contributed by atoms with van der Waals surface area (Å²) in [5.74, 6) is 0. The summed E-state index contributed by atoms with van der Waals surface area (Å²) in [5.41, 5.74) is -0.539. The van der Waals surface area contributed by atoms with E-state index in [9.17, 15) is 13.2 Å². The van der Waals surface area contributed by atoms with Crippen LogP contribution in [0.4, 0.5) is 13.2 Å². The first-order chi connectivity index (χ1) is 5.95. The number of aromatic nitrogens is 1. The molecule has 6 heteroatoms. The second-order valence-corrected chi connectivity index (χ2v) is 3.47. The average molecular weight is 303 g/mol. The van der Waals surface area contributed by atoms with Crippen molar-refractivity contribution in [1.82, 2.24) is 4.98 Å². The summed E-state index contributed by atoms with van der Waals surface area (Å²) in [5, 5.41) is 8.61. The van der Waals surface area contributed by atoms with Crippen molar-refractivity contribution in [2.75, 3.05) is 0 Å². The summed E-state index contributed by atoms with van der Waals surface area (Å²) < 4.78 is 36.6. The van der Waals surface area contributed by atoms with Gasteiger partial charge in [0.15, 0.2) is 0 Å². The molecule has 1 aromatic rings. The maximum Gasteiger partial charge on any atom is 0.418 e. The van der Waals surface area contributed by atoms with Gasteiger partial charge in [0.2, 0.25) is 0 Å². The molecule has 1 aromatic heterocycles. The van der Waals surface area contributed by atoms with Gasteiger partial charge in [-0.05, 0) is 28.7 Å². The first kappa shape index (κ1) is 10.7. The first-order valence-corrected chi connectivity index (χ1v) is 4.35. The van der Waals surface area contributed by atoms with Gasteiger partial charge in [0.05, 0.1) is 17.9 Å². The van der Waals surface area contributed by atoms with Crippen LogP contribution in [0.25, 0.3) is 0 Å². The molecule has 0 atom stereocenters. The Morgan fingerprint density at radius 3 is 2.46 bits per heavy atom. The molecular formula is C7H5F3INO. The normalized spacial score (nSPS) is 11.8. The van der Waals surface area contributed by atoms with Crippen molar-refractivity contribution in [1.29, 1.82) is 0 Å². The lowest BCUT2D eigenvalue weighted by atomic mass is 10.2. The van der Waals surface area contributed by atoms with Gasteiger partial charge in [-0.15, -0.1) is 0 Å². The Balaban J connectivity index is 3.13. The highest BCUT2D eigenvalue weighted by Gasteiger charge is 2.33. The molecule has 0 saturated heterocycles. The van der Waals surface area contributed by atoms with Gasteiger partial charge in [-0.1, -0.05) is 0 Å². The summed E-state index contributed by atoms with van der Waals surface area (Å²) in [6.07, 6.45) is -3.65. The number of aliphatic hydroxyl groups excluding tert-OH is 1. The SMILES string of the molecule is OCc1cc(I)c(C(F)(F)F)cn1. The highest BCUT2D eigenvalue weighted by molar-refractivity contribution is 14.1. The molecule has 0 saturated carbocycles. The molecule has 0 spiro atoms. The van der Waals surface area contributed by atoms with Crippen molar-refractivity contribution in [3.63, 3.8) is 0 Å². The van der Waals surface area contributed by atoms with Crippen LogP contribution in [-0.2, 0) is 12.8 Å². The molecule has 0 aliphatic rings. The van der Waals surface area contributed by atoms with E-state index in [4.69, 9.17) is 5.11 Å². The van der Waals surface area contributed by atoms with Crippen molar-refractivity contribution >= 4 is 22.6 Å². The summed E-state index contributed by atoms with van der Waals surface area (Å²) in [4.78, 5) is 3.45. The zero-order chi connectivity index (χ0) is 10.1. The van der Waals surface area contributed by atoms with Crippen molar-refractivity contribution in [3.05, 3.63) is 27.1 Å². The van der Waals surface area contributed by atoms with Crippen LogP contribution in [0, 0.1) is 3.57 Å². The minimum atomic E-state index is -4.38. The molecule has 1 heterocycles. The van der Waals surface area contributed by atoms with Crippen LogP contribution in [0.2, 0.25) is 0 Å². The van der Waals surface area contributed by atoms with Gasteiger partial charge < -0.3 is 5.11 Å². The smallest absolute Gasteiger partial charge is 0.390 e. The molecule has 0 aromatic carbocycles. The Labute approximate surface area is 85.9 Å². The number of rotatable bonds is 1. The molecule has 0 radical (unpaired) electrons. The maximum atomic E-state index is 12.2. The number of aliphatic hydroxyl groups is 1. The van der Waals surface area contributed by atoms with Crippen LogP contribution in [0.5, 0.6) is 0 Å². The van der Waals surface area contributed by atoms with Gasteiger partial charge in [-0.3, -0.25) is 4.98 Å². The van der Waals surface area contributed by atoms with Crippen molar-refractivity contribution in [3.8, 4) is 0 Å². The largest absolute Gasteiger partial charge is 0.418 e. The number of pyridine rings is 1. The van der Waals surface area contributed by atoms with Gasteiger partial charge in [0.1, 0.15) is 0 Å². The van der Waals surface area contributed by atoms with Gasteiger partial charge >= 0.3 is 6.18 Å². The van der Waals surface area contributed by atoms with E-state index in [1.54, 1.807) is 22.6 Å². The fourth-order valence-corrected chi connectivity index (χ4v) is 1.57. The molecule has 72 valence electrons. The van der Waals surface area contributed by atoms with E-state index in [-0.39, 0.29) is 15.9 Å². The molecule has 0 amide bonds. The van der Waals surface area contributed by atoms with Crippen LogP contribution >= 0.6 is 22.6 Å². The Morgan fingerprint density at radius 2 is 2.08 bits per heavy atom. The van der Waals surface area contributed by atoms with Gasteiger partial charge in [-0.25, -0.2) is 0 Å². The van der Waals surface area contributed by atoms with E-state index in [0.29, 0.717) is 0 Å². The predicted molar refractivity (Wildman–Crippen MR) is 47.9 cm³/mol. The predicted octanol–water partition coefficient (Wildman–Crippen LogP) is 2.20. The third-order valence-corrected chi connectivity index (χ3v) is 2.27. The molecule has 13 heavy (non-hydrogen) atoms. The first-order valence-electron chi connectivity index (χ1n) is 3.27. The number of alkyl halides is 3. The third-order valence-electron chi connectivity index (χ3n) is 1.38. The lowest BCUT2D eigenvalue weighted by Gasteiger charge is -2.08. The quantitative estimate of drug-likeness (QED) is 0.807. The second-order valence-electron chi connectivity index (χ2n) is 2.31. The van der Waals surface area contributed by atoms with Crippen LogP contribution in [-0.4, -0.2) is 10.1 Å². The average Bonchev–Trinajstić information content (AvgIpc) is 2.01. The van der Waals surface area contributed by atoms with E-state index in [1.807, 2.05) is 0 Å². The highest BCUT2D eigenvalue weighted by Crippen LogP contribution is 2.32. The van der Waals surface area contributed by atoms with Gasteiger partial charge in [-0.2, -0.15) is 13.2 Å². The third kappa shape index (κ3) is 2.53. The Morgan fingerprint density at radius 1 is 1.46 bits per heavy atom. The summed E-state index contributed by atoms with van der Waals surface area (Å²) in [6.45, 7) is -0.353. The summed E-state index contributed by atoms with van der Waals surface area (Å²) in [6, 6.07) is 1.21. The molecule has 0 unspecified atom stereocenters. The van der Waals surface area contributed by atoms with E-state index in [1.165, 1.54) is 6.07 Å². The number of nitrogens with zero attached hydrogens (tertiary/aromatic N) is 1. The molecule has 0 bridgehead atoms. The number of halogens is 4. The molecule has 1 N–H and O–H groups in total. The minimum Gasteiger partial charge on any atom is -0.390 e. The van der Waals surface area contributed by atoms with Crippen LogP contribution in [0.15, 0.2) is 12.3 Å². The molecule has 1 rings (SSSR count). The van der Waals surface area contributed by atoms with Crippen LogP contribution in [0.3, 0.4) is 0 Å². The van der Waals surface area contributed by atoms with E-state index in [0.717, 1.165) is 6.20 Å². The lowest BCUT2D eigenvalue weighted by Crippen LogP contribution is -2.09. The minimum absolute atomic E-state index is 0.0455. The Bertz CT molecular complexity index is 313. The molecule has 2 nitrogen and oxygen atoms in total. The Kier molecular flexibility index (Phi) is 3.12. The van der Waals surface area contributed by atoms with Crippen molar-refractivity contribution in [2.45, 2.75) is 12.8 Å².